The number of nitriles is 2. The summed E-state index contributed by atoms with van der Waals surface area (Å²) in [5, 5.41) is 32.7. The van der Waals surface area contributed by atoms with Crippen molar-refractivity contribution in [2.45, 2.75) is 38.5 Å². The van der Waals surface area contributed by atoms with Crippen molar-refractivity contribution in [1.29, 1.82) is 10.5 Å². The number of hydrogen-bond donors (Lipinski definition) is 0. The van der Waals surface area contributed by atoms with Crippen LogP contribution in [0.2, 0.25) is 0 Å². The largest absolute Gasteiger partial charge is 0.238 e. The Morgan fingerprint density at radius 1 is 0.355 bits per heavy atom. The minimum Gasteiger partial charge on any atom is -0.238 e. The van der Waals surface area contributed by atoms with Crippen molar-refractivity contribution >= 4 is 65.2 Å². The highest BCUT2D eigenvalue weighted by Crippen LogP contribution is 2.60. The molecule has 76 heavy (non-hydrogen) atoms. The van der Waals surface area contributed by atoms with E-state index in [0.717, 1.165) is 110 Å². The summed E-state index contributed by atoms with van der Waals surface area (Å²) in [4.78, 5) is 8.22. The molecule has 0 bridgehead atoms. The quantitative estimate of drug-likeness (QED) is 0.128. The highest BCUT2D eigenvalue weighted by atomic mass is 14.7. The molecular formula is C72H40N4. The number of benzene rings is 12. The summed E-state index contributed by atoms with van der Waals surface area (Å²) in [6, 6.07) is 66.2. The van der Waals surface area contributed by atoms with Gasteiger partial charge in [0, 0.05) is 16.4 Å². The number of hydrogen-bond acceptors (Lipinski definition) is 2. The third-order valence-corrected chi connectivity index (χ3v) is 18.0. The zero-order valence-electron chi connectivity index (χ0n) is 42.0. The second-order valence-electron chi connectivity index (χ2n) is 22.2. The van der Waals surface area contributed by atoms with Gasteiger partial charge < -0.3 is 0 Å². The number of nitrogens with zero attached hydrogens (tertiary/aromatic N) is 4. The van der Waals surface area contributed by atoms with Gasteiger partial charge in [0.2, 0.25) is 0 Å². The third-order valence-electron chi connectivity index (χ3n) is 18.0. The molecule has 0 aliphatic heterocycles. The van der Waals surface area contributed by atoms with Gasteiger partial charge in [-0.1, -0.05) is 143 Å². The molecule has 0 saturated carbocycles. The van der Waals surface area contributed by atoms with Crippen LogP contribution < -0.4 is 0 Å². The first kappa shape index (κ1) is 42.4. The molecule has 0 aromatic heterocycles. The molecule has 0 saturated heterocycles. The van der Waals surface area contributed by atoms with Gasteiger partial charge in [-0.15, -0.1) is 0 Å². The molecule has 4 heteroatoms. The first-order valence-electron chi connectivity index (χ1n) is 25.8. The topological polar surface area (TPSA) is 56.3 Å². The van der Waals surface area contributed by atoms with Gasteiger partial charge in [-0.3, -0.25) is 0 Å². The van der Waals surface area contributed by atoms with E-state index in [1.165, 1.54) is 54.9 Å². The van der Waals surface area contributed by atoms with Crippen LogP contribution in [0.15, 0.2) is 170 Å². The minimum atomic E-state index is -0.435. The van der Waals surface area contributed by atoms with Crippen molar-refractivity contribution < 1.29 is 0 Å². The van der Waals surface area contributed by atoms with Crippen LogP contribution in [-0.2, 0) is 10.8 Å². The van der Waals surface area contributed by atoms with E-state index in [-0.39, 0.29) is 0 Å². The van der Waals surface area contributed by atoms with Gasteiger partial charge in [0.15, 0.2) is 11.4 Å². The normalized spacial score (nSPS) is 13.9. The van der Waals surface area contributed by atoms with Crippen molar-refractivity contribution in [2.75, 3.05) is 0 Å². The molecule has 0 N–H and O–H groups in total. The van der Waals surface area contributed by atoms with Crippen LogP contribution in [0.4, 0.5) is 11.4 Å². The zero-order chi connectivity index (χ0) is 51.3. The van der Waals surface area contributed by atoms with Crippen LogP contribution in [-0.4, -0.2) is 0 Å². The van der Waals surface area contributed by atoms with Gasteiger partial charge in [0.1, 0.15) is 0 Å². The summed E-state index contributed by atoms with van der Waals surface area (Å²) in [5.41, 5.74) is 23.3. The Labute approximate surface area is 439 Å². The lowest BCUT2D eigenvalue weighted by molar-refractivity contribution is 0.660. The average molecular weight is 961 g/mol. The summed E-state index contributed by atoms with van der Waals surface area (Å²) in [6.45, 7) is 25.8. The molecule has 0 heterocycles. The van der Waals surface area contributed by atoms with Gasteiger partial charge in [0.25, 0.3) is 0 Å². The molecule has 16 rings (SSSR count). The fraction of sp³-hybridized carbons (Fsp3) is 0.0833. The molecule has 0 unspecified atom stereocenters. The van der Waals surface area contributed by atoms with E-state index in [4.69, 9.17) is 13.1 Å². The van der Waals surface area contributed by atoms with Crippen LogP contribution in [0.3, 0.4) is 0 Å². The fourth-order valence-corrected chi connectivity index (χ4v) is 14.5. The Kier molecular flexibility index (Phi) is 8.01. The summed E-state index contributed by atoms with van der Waals surface area (Å²) in [5.74, 6) is 0. The summed E-state index contributed by atoms with van der Waals surface area (Å²) < 4.78 is 0. The summed E-state index contributed by atoms with van der Waals surface area (Å²) in [6.07, 6.45) is 0. The number of rotatable bonds is 2. The van der Waals surface area contributed by atoms with Gasteiger partial charge in [-0.2, -0.15) is 10.5 Å². The van der Waals surface area contributed by atoms with Crippen LogP contribution in [0.1, 0.15) is 61.1 Å². The maximum atomic E-state index is 11.4. The molecule has 12 aromatic rings. The molecule has 4 aliphatic carbocycles. The molecule has 0 spiro atoms. The third kappa shape index (κ3) is 5.13. The second kappa shape index (κ2) is 14.3. The van der Waals surface area contributed by atoms with Gasteiger partial charge in [-0.05, 0) is 214 Å². The van der Waals surface area contributed by atoms with E-state index in [1.54, 1.807) is 0 Å². The van der Waals surface area contributed by atoms with Crippen molar-refractivity contribution in [3.63, 3.8) is 0 Å². The Balaban J connectivity index is 1.12. The SMILES string of the molecule is [C-]#[N+]c1ccc2c(c1)C(C)(C)c1ccc(C#N)c(-c3cc4c5cc6c(cc5c(-c5c([N+]#[C-])ccc7c5-c5ccc(C#N)cc5C7(C)C)cc4c4cc5c(cc34)-c3cccc4cccc-5c34)-c3cccc4cccc-6c34)c1-2. The van der Waals surface area contributed by atoms with Gasteiger partial charge in [0.05, 0.1) is 36.4 Å². The van der Waals surface area contributed by atoms with E-state index in [9.17, 15) is 10.5 Å². The molecule has 12 aromatic carbocycles. The average Bonchev–Trinajstić information content (AvgIpc) is 4.30. The van der Waals surface area contributed by atoms with Crippen molar-refractivity contribution in [2.24, 2.45) is 0 Å². The Hall–Kier alpha value is -10.1. The minimum absolute atomic E-state index is 0.433. The molecule has 0 amide bonds. The van der Waals surface area contributed by atoms with Crippen molar-refractivity contribution in [1.82, 2.24) is 0 Å². The lowest BCUT2D eigenvalue weighted by Crippen LogP contribution is -2.15. The van der Waals surface area contributed by atoms with Gasteiger partial charge in [-0.25, -0.2) is 9.69 Å². The second-order valence-corrected chi connectivity index (χ2v) is 22.2. The maximum Gasteiger partial charge on any atom is 0.195 e. The van der Waals surface area contributed by atoms with Crippen LogP contribution in [0.25, 0.3) is 153 Å². The van der Waals surface area contributed by atoms with E-state index in [2.05, 4.69) is 183 Å². The zero-order valence-corrected chi connectivity index (χ0v) is 42.0. The fourth-order valence-electron chi connectivity index (χ4n) is 14.5. The van der Waals surface area contributed by atoms with E-state index in [0.29, 0.717) is 22.5 Å². The number of fused-ring (bicyclic) bond motifs is 17. The Morgan fingerprint density at radius 2 is 0.803 bits per heavy atom. The molecule has 0 atom stereocenters. The maximum absolute atomic E-state index is 11.4. The summed E-state index contributed by atoms with van der Waals surface area (Å²) >= 11 is 0. The highest BCUT2D eigenvalue weighted by molar-refractivity contribution is 6.30. The molecule has 0 radical (unpaired) electrons. The standard InChI is InChI=1S/C72H40N4/c1-71(2)61-25-26-64(76-6)70(69(61)46-22-19-37(35-73)27-62(46)71)59-34-55-52-29-48-42-15-7-11-38-13-9-17-44(65(38)42)50(48)31-56(52)58(67-40(36-74)20-24-60-68(67)47-23-21-41(75-5)28-63(47)72(60,3)4)33-54(55)53-30-49-43-16-8-12-39-14-10-18-45(66(39)43)51(49)32-57(53)59/h7-34H,1-4H3. The van der Waals surface area contributed by atoms with E-state index < -0.39 is 10.8 Å². The van der Waals surface area contributed by atoms with Crippen LogP contribution in [0, 0.1) is 35.8 Å². The lowest BCUT2D eigenvalue weighted by Gasteiger charge is -2.24. The molecule has 4 aliphatic rings. The first-order valence-corrected chi connectivity index (χ1v) is 25.8. The van der Waals surface area contributed by atoms with Crippen molar-refractivity contribution in [3.05, 3.63) is 226 Å². The smallest absolute Gasteiger partial charge is 0.195 e. The Bertz CT molecular complexity index is 4710. The first-order chi connectivity index (χ1) is 37.0. The molecule has 0 fully saturated rings. The van der Waals surface area contributed by atoms with Crippen molar-refractivity contribution in [3.8, 4) is 101 Å². The molecular weight excluding hydrogens is 921 g/mol. The van der Waals surface area contributed by atoms with Crippen LogP contribution >= 0.6 is 0 Å². The van der Waals surface area contributed by atoms with Crippen LogP contribution in [0.5, 0.6) is 0 Å². The summed E-state index contributed by atoms with van der Waals surface area (Å²) in [7, 11) is 0. The molecule has 348 valence electrons. The predicted molar refractivity (Wildman–Crippen MR) is 311 cm³/mol. The highest BCUT2D eigenvalue weighted by Gasteiger charge is 2.41. The monoisotopic (exact) mass is 960 g/mol. The van der Waals surface area contributed by atoms with Gasteiger partial charge >= 0.3 is 0 Å². The van der Waals surface area contributed by atoms with E-state index >= 15 is 0 Å². The molecule has 4 nitrogen and oxygen atoms in total. The lowest BCUT2D eigenvalue weighted by atomic mass is 9.79. The predicted octanol–water partition coefficient (Wildman–Crippen LogP) is 19.5. The van der Waals surface area contributed by atoms with E-state index in [1.807, 2.05) is 36.4 Å². The Morgan fingerprint density at radius 3 is 1.30 bits per heavy atom.